The van der Waals surface area contributed by atoms with Gasteiger partial charge < -0.3 is 14.8 Å². The largest absolute Gasteiger partial charge is 0.490 e. The van der Waals surface area contributed by atoms with E-state index in [4.69, 9.17) is 44.9 Å². The predicted octanol–water partition coefficient (Wildman–Crippen LogP) is 7.12. The lowest BCUT2D eigenvalue weighted by molar-refractivity contribution is -0.118. The lowest BCUT2D eigenvalue weighted by Crippen LogP contribution is -2.27. The summed E-state index contributed by atoms with van der Waals surface area (Å²) >= 11 is 18.6. The van der Waals surface area contributed by atoms with Crippen LogP contribution in [-0.2, 0) is 9.59 Å². The average molecular weight is 574 g/mol. The molecule has 3 aromatic carbocycles. The molecule has 0 atom stereocenters. The number of benzene rings is 3. The van der Waals surface area contributed by atoms with Crippen molar-refractivity contribution in [2.24, 2.45) is 0 Å². The molecule has 0 aliphatic carbocycles. The van der Waals surface area contributed by atoms with Crippen molar-refractivity contribution in [1.29, 1.82) is 0 Å². The first-order valence-corrected chi connectivity index (χ1v) is 13.2. The summed E-state index contributed by atoms with van der Waals surface area (Å²) in [6.07, 6.45) is 1.75. The second kappa shape index (κ2) is 12.0. The maximum atomic E-state index is 13.1. The van der Waals surface area contributed by atoms with Crippen LogP contribution in [0, 0.1) is 6.92 Å². The summed E-state index contributed by atoms with van der Waals surface area (Å²) in [7, 11) is 0. The highest BCUT2D eigenvalue weighted by molar-refractivity contribution is 8.27. The van der Waals surface area contributed by atoms with Crippen LogP contribution in [0.2, 0.25) is 10.0 Å². The molecular weight excluding hydrogens is 551 g/mol. The van der Waals surface area contributed by atoms with Gasteiger partial charge in [0, 0.05) is 15.7 Å². The summed E-state index contributed by atoms with van der Waals surface area (Å²) in [5, 5.41) is 3.90. The number of anilines is 2. The standard InChI is InChI=1S/C27H22Cl2N2O4S2/c1-3-34-23-12-17(13-24-26(33)31(27(36)37-24)20-9-7-18(28)8-10-20)5-11-22(23)35-15-25(32)30-21-14-19(29)6-4-16(21)2/h4-14H,3,15H2,1-2H3,(H,30,32)/b24-13-. The fourth-order valence-corrected chi connectivity index (χ4v) is 5.09. The van der Waals surface area contributed by atoms with E-state index in [1.165, 1.54) is 16.7 Å². The number of nitrogens with one attached hydrogen (secondary N) is 1. The van der Waals surface area contributed by atoms with Gasteiger partial charge in [0.05, 0.1) is 17.2 Å². The molecule has 2 amide bonds. The third-order valence-electron chi connectivity index (χ3n) is 5.28. The predicted molar refractivity (Wildman–Crippen MR) is 155 cm³/mol. The van der Waals surface area contributed by atoms with Crippen LogP contribution in [0.15, 0.2) is 65.6 Å². The molecule has 1 aliphatic heterocycles. The van der Waals surface area contributed by atoms with Crippen LogP contribution >= 0.6 is 47.2 Å². The van der Waals surface area contributed by atoms with Crippen molar-refractivity contribution in [3.8, 4) is 11.5 Å². The summed E-state index contributed by atoms with van der Waals surface area (Å²) in [4.78, 5) is 27.5. The fraction of sp³-hybridized carbons (Fsp3) is 0.148. The van der Waals surface area contributed by atoms with Crippen LogP contribution in [-0.4, -0.2) is 29.3 Å². The summed E-state index contributed by atoms with van der Waals surface area (Å²) < 4.78 is 11.9. The van der Waals surface area contributed by atoms with Gasteiger partial charge in [0.15, 0.2) is 22.4 Å². The number of aryl methyl sites for hydroxylation is 1. The molecule has 0 spiro atoms. The first kappa shape index (κ1) is 27.0. The second-order valence-corrected chi connectivity index (χ2v) is 10.5. The van der Waals surface area contributed by atoms with E-state index in [2.05, 4.69) is 5.32 Å². The van der Waals surface area contributed by atoms with Gasteiger partial charge in [-0.25, -0.2) is 0 Å². The molecule has 190 valence electrons. The van der Waals surface area contributed by atoms with E-state index in [1.54, 1.807) is 60.7 Å². The van der Waals surface area contributed by atoms with Crippen molar-refractivity contribution in [1.82, 2.24) is 0 Å². The zero-order valence-corrected chi connectivity index (χ0v) is 23.1. The number of thiocarbonyl (C=S) groups is 1. The first-order chi connectivity index (χ1) is 17.7. The quantitative estimate of drug-likeness (QED) is 0.229. The Kier molecular flexibility index (Phi) is 8.76. The molecule has 10 heteroatoms. The van der Waals surface area contributed by atoms with E-state index >= 15 is 0 Å². The molecule has 0 aromatic heterocycles. The SMILES string of the molecule is CCOc1cc(/C=C2\SC(=S)N(c3ccc(Cl)cc3)C2=O)ccc1OCC(=O)Nc1cc(Cl)ccc1C. The van der Waals surface area contributed by atoms with E-state index in [1.807, 2.05) is 19.9 Å². The van der Waals surface area contributed by atoms with Gasteiger partial charge in [-0.15, -0.1) is 0 Å². The topological polar surface area (TPSA) is 67.9 Å². The minimum Gasteiger partial charge on any atom is -0.490 e. The average Bonchev–Trinajstić information content (AvgIpc) is 3.14. The summed E-state index contributed by atoms with van der Waals surface area (Å²) in [5.41, 5.74) is 2.89. The molecule has 1 N–H and O–H groups in total. The van der Waals surface area contributed by atoms with Crippen LogP contribution in [0.25, 0.3) is 6.08 Å². The molecule has 1 fully saturated rings. The van der Waals surface area contributed by atoms with Crippen molar-refractivity contribution in [2.75, 3.05) is 23.4 Å². The van der Waals surface area contributed by atoms with Crippen LogP contribution in [0.3, 0.4) is 0 Å². The van der Waals surface area contributed by atoms with E-state index in [9.17, 15) is 9.59 Å². The molecule has 0 saturated carbocycles. The molecule has 3 aromatic rings. The zero-order chi connectivity index (χ0) is 26.5. The fourth-order valence-electron chi connectivity index (χ4n) is 3.49. The number of ether oxygens (including phenoxy) is 2. The van der Waals surface area contributed by atoms with Crippen LogP contribution in [0.5, 0.6) is 11.5 Å². The maximum absolute atomic E-state index is 13.1. The Morgan fingerprint density at radius 1 is 1.03 bits per heavy atom. The van der Waals surface area contributed by atoms with Gasteiger partial charge in [-0.3, -0.25) is 14.5 Å². The maximum Gasteiger partial charge on any atom is 0.270 e. The van der Waals surface area contributed by atoms with Gasteiger partial charge in [-0.2, -0.15) is 0 Å². The number of hydrogen-bond donors (Lipinski definition) is 1. The van der Waals surface area contributed by atoms with Gasteiger partial charge in [0.2, 0.25) is 0 Å². The number of carbonyl (C=O) groups is 2. The van der Waals surface area contributed by atoms with Crippen LogP contribution < -0.4 is 19.7 Å². The van der Waals surface area contributed by atoms with Crippen LogP contribution in [0.4, 0.5) is 11.4 Å². The third-order valence-corrected chi connectivity index (χ3v) is 7.07. The van der Waals surface area contributed by atoms with Crippen molar-refractivity contribution in [3.05, 3.63) is 86.7 Å². The first-order valence-electron chi connectivity index (χ1n) is 11.2. The molecule has 0 bridgehead atoms. The number of rotatable bonds is 8. The minimum atomic E-state index is -0.331. The Bertz CT molecular complexity index is 1390. The van der Waals surface area contributed by atoms with Crippen molar-refractivity contribution in [3.63, 3.8) is 0 Å². The molecule has 1 saturated heterocycles. The van der Waals surface area contributed by atoms with Crippen molar-refractivity contribution < 1.29 is 19.1 Å². The van der Waals surface area contributed by atoms with E-state index in [-0.39, 0.29) is 18.4 Å². The Balaban J connectivity index is 1.48. The van der Waals surface area contributed by atoms with Gasteiger partial charge in [-0.05, 0) is 79.6 Å². The molecule has 0 unspecified atom stereocenters. The van der Waals surface area contributed by atoms with Crippen molar-refractivity contribution >= 4 is 80.8 Å². The summed E-state index contributed by atoms with van der Waals surface area (Å²) in [6, 6.07) is 17.4. The molecule has 0 radical (unpaired) electrons. The number of hydrogen-bond acceptors (Lipinski definition) is 6. The molecule has 4 rings (SSSR count). The molecule has 1 heterocycles. The van der Waals surface area contributed by atoms with Crippen LogP contribution in [0.1, 0.15) is 18.1 Å². The lowest BCUT2D eigenvalue weighted by atomic mass is 10.1. The van der Waals surface area contributed by atoms with Gasteiger partial charge in [0.25, 0.3) is 11.8 Å². The van der Waals surface area contributed by atoms with Gasteiger partial charge >= 0.3 is 0 Å². The van der Waals surface area contributed by atoms with Gasteiger partial charge in [-0.1, -0.05) is 59.3 Å². The number of amides is 2. The third kappa shape index (κ3) is 6.64. The summed E-state index contributed by atoms with van der Waals surface area (Å²) in [6.45, 7) is 3.90. The second-order valence-electron chi connectivity index (χ2n) is 7.93. The Morgan fingerprint density at radius 2 is 1.76 bits per heavy atom. The molecule has 6 nitrogen and oxygen atoms in total. The normalized spacial score (nSPS) is 14.3. The highest BCUT2D eigenvalue weighted by atomic mass is 35.5. The lowest BCUT2D eigenvalue weighted by Gasteiger charge is -2.14. The molecule has 1 aliphatic rings. The zero-order valence-electron chi connectivity index (χ0n) is 19.9. The van der Waals surface area contributed by atoms with Crippen molar-refractivity contribution in [2.45, 2.75) is 13.8 Å². The Labute approximate surface area is 234 Å². The minimum absolute atomic E-state index is 0.217. The number of nitrogens with zero attached hydrogens (tertiary/aromatic N) is 1. The van der Waals surface area contributed by atoms with E-state index in [0.29, 0.717) is 48.8 Å². The van der Waals surface area contributed by atoms with E-state index < -0.39 is 0 Å². The Morgan fingerprint density at radius 3 is 2.49 bits per heavy atom. The summed E-state index contributed by atoms with van der Waals surface area (Å²) in [5.74, 6) is 0.313. The smallest absolute Gasteiger partial charge is 0.270 e. The van der Waals surface area contributed by atoms with E-state index in [0.717, 1.165) is 11.1 Å². The number of thioether (sulfide) groups is 1. The molecule has 37 heavy (non-hydrogen) atoms. The number of carbonyl (C=O) groups excluding carboxylic acids is 2. The highest BCUT2D eigenvalue weighted by Crippen LogP contribution is 2.37. The Hall–Kier alpha value is -3.04. The van der Waals surface area contributed by atoms with Gasteiger partial charge in [0.1, 0.15) is 0 Å². The highest BCUT2D eigenvalue weighted by Gasteiger charge is 2.33. The molecular formula is C27H22Cl2N2O4S2. The number of halogens is 2. The monoisotopic (exact) mass is 572 g/mol.